The Morgan fingerprint density at radius 2 is 1.11 bits per heavy atom. The average molecular weight is 525 g/mol. The van der Waals surface area contributed by atoms with E-state index in [1.165, 1.54) is 0 Å². The van der Waals surface area contributed by atoms with Crippen molar-refractivity contribution in [2.45, 2.75) is 161 Å². The molecule has 1 unspecified atom stereocenters. The molecule has 1 aliphatic rings. The van der Waals surface area contributed by atoms with Crippen molar-refractivity contribution in [3.8, 4) is 0 Å². The van der Waals surface area contributed by atoms with Gasteiger partial charge in [-0.15, -0.1) is 0 Å². The first kappa shape index (κ1) is 33.7. The van der Waals surface area contributed by atoms with Gasteiger partial charge in [0.25, 0.3) is 0 Å². The molecule has 0 saturated carbocycles. The lowest BCUT2D eigenvalue weighted by Crippen LogP contribution is -2.63. The molecule has 0 radical (unpaired) electrons. The van der Waals surface area contributed by atoms with E-state index in [0.717, 1.165) is 103 Å². The smallest absolute Gasteiger partial charge is 0.367 e. The van der Waals surface area contributed by atoms with Crippen LogP contribution in [0.15, 0.2) is 0 Å². The molecule has 0 aromatic carbocycles. The third-order valence-corrected chi connectivity index (χ3v) is 7.07. The molecule has 0 spiro atoms. The molecule has 1 fully saturated rings. The van der Waals surface area contributed by atoms with Crippen molar-refractivity contribution < 1.29 is 32.1 Å². The van der Waals surface area contributed by atoms with Crippen LogP contribution >= 0.6 is 0 Å². The molecule has 0 aliphatic carbocycles. The molecule has 7 heteroatoms. The Morgan fingerprint density at radius 3 is 1.61 bits per heavy atom. The Labute approximate surface area is 219 Å². The highest BCUT2D eigenvalue weighted by atomic mass is 19.4. The highest BCUT2D eigenvalue weighted by molar-refractivity contribution is 4.94. The van der Waals surface area contributed by atoms with Gasteiger partial charge in [-0.25, -0.2) is 0 Å². The monoisotopic (exact) mass is 524 g/mol. The number of ether oxygens (including phenoxy) is 4. The molecule has 0 N–H and O–H groups in total. The lowest BCUT2D eigenvalue weighted by molar-refractivity contribution is -0.461. The van der Waals surface area contributed by atoms with Crippen LogP contribution in [0.25, 0.3) is 0 Å². The SMILES string of the molecule is CCCCOC1(CCCCCCCCCCCC(F)(F)F)CCCOC1(OCCCC)OCCCC. The molecule has 1 rings (SSSR count). The maximum absolute atomic E-state index is 12.2. The molecule has 0 aromatic rings. The van der Waals surface area contributed by atoms with Gasteiger partial charge in [0, 0.05) is 13.0 Å². The van der Waals surface area contributed by atoms with Crippen LogP contribution in [0.3, 0.4) is 0 Å². The minimum Gasteiger partial charge on any atom is -0.367 e. The molecule has 4 nitrogen and oxygen atoms in total. The zero-order chi connectivity index (χ0) is 26.6. The number of hydrogen-bond donors (Lipinski definition) is 0. The lowest BCUT2D eigenvalue weighted by Gasteiger charge is -2.51. The normalized spacial score (nSPS) is 20.2. The molecular weight excluding hydrogens is 469 g/mol. The second kappa shape index (κ2) is 19.7. The fraction of sp³-hybridized carbons (Fsp3) is 1.00. The van der Waals surface area contributed by atoms with Crippen LogP contribution in [0.1, 0.15) is 143 Å². The standard InChI is InChI=1S/C29H55F3O4/c1-4-7-23-33-27(20-17-15-13-11-10-12-14-16-18-22-28(30,31)32)21-19-26-36-29(27,34-24-8-5-2)35-25-9-6-3/h4-26H2,1-3H3. The van der Waals surface area contributed by atoms with Gasteiger partial charge in [0.05, 0.1) is 19.8 Å². The quantitative estimate of drug-likeness (QED) is 0.0985. The second-order valence-electron chi connectivity index (χ2n) is 10.4. The zero-order valence-corrected chi connectivity index (χ0v) is 23.5. The van der Waals surface area contributed by atoms with Crippen LogP contribution in [0.5, 0.6) is 0 Å². The molecule has 1 heterocycles. The van der Waals surface area contributed by atoms with Crippen LogP contribution in [0, 0.1) is 0 Å². The highest BCUT2D eigenvalue weighted by Crippen LogP contribution is 2.44. The van der Waals surface area contributed by atoms with E-state index < -0.39 is 24.2 Å². The fourth-order valence-corrected chi connectivity index (χ4v) is 4.83. The third-order valence-electron chi connectivity index (χ3n) is 7.07. The van der Waals surface area contributed by atoms with E-state index in [4.69, 9.17) is 18.9 Å². The summed E-state index contributed by atoms with van der Waals surface area (Å²) in [5, 5.41) is 0. The van der Waals surface area contributed by atoms with Gasteiger partial charge in [0.1, 0.15) is 5.60 Å². The first-order valence-corrected chi connectivity index (χ1v) is 15.0. The molecule has 1 atom stereocenters. The van der Waals surface area contributed by atoms with Gasteiger partial charge in [0.15, 0.2) is 0 Å². The van der Waals surface area contributed by atoms with E-state index in [2.05, 4.69) is 20.8 Å². The van der Waals surface area contributed by atoms with Crippen molar-refractivity contribution >= 4 is 0 Å². The van der Waals surface area contributed by atoms with Gasteiger partial charge in [-0.3, -0.25) is 0 Å². The van der Waals surface area contributed by atoms with Gasteiger partial charge in [-0.2, -0.15) is 13.2 Å². The maximum Gasteiger partial charge on any atom is 0.389 e. The van der Waals surface area contributed by atoms with Crippen molar-refractivity contribution in [1.29, 1.82) is 0 Å². The number of halogens is 3. The number of hydrogen-bond acceptors (Lipinski definition) is 4. The van der Waals surface area contributed by atoms with E-state index in [9.17, 15) is 13.2 Å². The van der Waals surface area contributed by atoms with E-state index >= 15 is 0 Å². The number of rotatable bonds is 23. The predicted molar refractivity (Wildman–Crippen MR) is 140 cm³/mol. The molecular formula is C29H55F3O4. The summed E-state index contributed by atoms with van der Waals surface area (Å²) in [4.78, 5) is 0. The maximum atomic E-state index is 12.2. The van der Waals surface area contributed by atoms with Crippen molar-refractivity contribution in [1.82, 2.24) is 0 Å². The van der Waals surface area contributed by atoms with Crippen molar-refractivity contribution in [3.05, 3.63) is 0 Å². The van der Waals surface area contributed by atoms with Crippen molar-refractivity contribution in [2.24, 2.45) is 0 Å². The molecule has 36 heavy (non-hydrogen) atoms. The van der Waals surface area contributed by atoms with Gasteiger partial charge in [-0.05, 0) is 44.9 Å². The summed E-state index contributed by atoms with van der Waals surface area (Å²) < 4.78 is 62.5. The van der Waals surface area contributed by atoms with Crippen molar-refractivity contribution in [2.75, 3.05) is 26.4 Å². The Kier molecular flexibility index (Phi) is 18.4. The highest BCUT2D eigenvalue weighted by Gasteiger charge is 2.58. The van der Waals surface area contributed by atoms with Crippen LogP contribution < -0.4 is 0 Å². The van der Waals surface area contributed by atoms with Crippen LogP contribution in [-0.2, 0) is 18.9 Å². The van der Waals surface area contributed by atoms with Gasteiger partial charge in [-0.1, -0.05) is 91.4 Å². The predicted octanol–water partition coefficient (Wildman–Crippen LogP) is 9.49. The minimum atomic E-state index is -4.01. The largest absolute Gasteiger partial charge is 0.389 e. The van der Waals surface area contributed by atoms with E-state index in [0.29, 0.717) is 32.8 Å². The first-order chi connectivity index (χ1) is 17.3. The van der Waals surface area contributed by atoms with Crippen LogP contribution in [0.2, 0.25) is 0 Å². The molecule has 0 amide bonds. The summed E-state index contributed by atoms with van der Waals surface area (Å²) in [7, 11) is 0. The molecule has 1 aliphatic heterocycles. The Morgan fingerprint density at radius 1 is 0.639 bits per heavy atom. The van der Waals surface area contributed by atoms with E-state index in [-0.39, 0.29) is 6.42 Å². The molecule has 0 bridgehead atoms. The van der Waals surface area contributed by atoms with E-state index in [1.54, 1.807) is 0 Å². The van der Waals surface area contributed by atoms with E-state index in [1.807, 2.05) is 0 Å². The first-order valence-electron chi connectivity index (χ1n) is 15.0. The average Bonchev–Trinajstić information content (AvgIpc) is 2.84. The Hall–Kier alpha value is -0.370. The molecule has 0 aromatic heterocycles. The summed E-state index contributed by atoms with van der Waals surface area (Å²) >= 11 is 0. The number of unbranched alkanes of at least 4 members (excludes halogenated alkanes) is 11. The second-order valence-corrected chi connectivity index (χ2v) is 10.4. The fourth-order valence-electron chi connectivity index (χ4n) is 4.83. The summed E-state index contributed by atoms with van der Waals surface area (Å²) in [5.74, 6) is -1.13. The molecule has 216 valence electrons. The zero-order valence-electron chi connectivity index (χ0n) is 23.5. The minimum absolute atomic E-state index is 0.258. The summed E-state index contributed by atoms with van der Waals surface area (Å²) in [6.45, 7) is 9.00. The summed E-state index contributed by atoms with van der Waals surface area (Å²) in [5.41, 5.74) is -0.583. The van der Waals surface area contributed by atoms with Gasteiger partial charge in [0.2, 0.25) is 0 Å². The Balaban J connectivity index is 2.59. The topological polar surface area (TPSA) is 36.9 Å². The van der Waals surface area contributed by atoms with Crippen LogP contribution in [-0.4, -0.2) is 44.2 Å². The Bertz CT molecular complexity index is 505. The lowest BCUT2D eigenvalue weighted by atomic mass is 9.85. The van der Waals surface area contributed by atoms with Crippen LogP contribution in [0.4, 0.5) is 13.2 Å². The summed E-state index contributed by atoms with van der Waals surface area (Å²) in [6, 6.07) is 0. The third kappa shape index (κ3) is 13.4. The van der Waals surface area contributed by atoms with Crippen molar-refractivity contribution in [3.63, 3.8) is 0 Å². The van der Waals surface area contributed by atoms with Gasteiger partial charge >= 0.3 is 12.1 Å². The van der Waals surface area contributed by atoms with Gasteiger partial charge < -0.3 is 18.9 Å². The number of alkyl halides is 3. The summed E-state index contributed by atoms with van der Waals surface area (Å²) in [6.07, 6.45) is 12.5. The molecule has 1 saturated heterocycles.